The van der Waals surface area contributed by atoms with Crippen LogP contribution in [0.2, 0.25) is 0 Å². The van der Waals surface area contributed by atoms with Crippen molar-refractivity contribution in [3.63, 3.8) is 0 Å². The Balaban J connectivity index is 1.05. The average Bonchev–Trinajstić information content (AvgIpc) is 2.83. The van der Waals surface area contributed by atoms with Gasteiger partial charge in [0.25, 0.3) is 5.56 Å². The highest BCUT2D eigenvalue weighted by atomic mass is 32.2. The van der Waals surface area contributed by atoms with Gasteiger partial charge < -0.3 is 10.6 Å². The zero-order valence-corrected chi connectivity index (χ0v) is 22.4. The van der Waals surface area contributed by atoms with E-state index in [-0.39, 0.29) is 17.9 Å². The Hall–Kier alpha value is -2.39. The van der Waals surface area contributed by atoms with Crippen LogP contribution in [-0.2, 0) is 9.59 Å². The van der Waals surface area contributed by atoms with Crippen molar-refractivity contribution in [1.82, 2.24) is 20.2 Å². The van der Waals surface area contributed by atoms with Crippen molar-refractivity contribution in [3.8, 4) is 0 Å². The van der Waals surface area contributed by atoms with Crippen LogP contribution in [0, 0.1) is 24.7 Å². The third-order valence-electron chi connectivity index (χ3n) is 8.97. The molecule has 4 saturated carbocycles. The Morgan fingerprint density at radius 3 is 2.46 bits per heavy atom. The highest BCUT2D eigenvalue weighted by molar-refractivity contribution is 7.99. The van der Waals surface area contributed by atoms with Crippen LogP contribution in [0.5, 0.6) is 0 Å². The number of aryl methyl sites for hydroxylation is 1. The van der Waals surface area contributed by atoms with E-state index in [9.17, 15) is 14.4 Å². The van der Waals surface area contributed by atoms with E-state index >= 15 is 0 Å². The second kappa shape index (κ2) is 10.1. The standard InChI is InChI=1S/C28H37N5O3S/c1-17-31-22-4-2-3-21(25(22)27(36)33(17)23-5-6-24(34)32-26(23)35)29-7-9-37-10-8-30-28-14-18-11-19(15-28)13-20(12-18)16-28/h2-4,18-20,23,29-30H,5-16H2,1H3,(H,32,34,35). The summed E-state index contributed by atoms with van der Waals surface area (Å²) in [7, 11) is 0. The van der Waals surface area contributed by atoms with Gasteiger partial charge in [-0.2, -0.15) is 11.8 Å². The van der Waals surface area contributed by atoms with Gasteiger partial charge >= 0.3 is 0 Å². The van der Waals surface area contributed by atoms with Crippen molar-refractivity contribution in [3.05, 3.63) is 34.4 Å². The molecule has 7 rings (SSSR count). The van der Waals surface area contributed by atoms with Crippen molar-refractivity contribution < 1.29 is 9.59 Å². The molecule has 5 fully saturated rings. The van der Waals surface area contributed by atoms with E-state index in [2.05, 4.69) is 20.9 Å². The molecule has 0 radical (unpaired) electrons. The number of fused-ring (bicyclic) bond motifs is 1. The summed E-state index contributed by atoms with van der Waals surface area (Å²) in [5.74, 6) is 4.67. The van der Waals surface area contributed by atoms with Crippen molar-refractivity contribution in [2.24, 2.45) is 17.8 Å². The Labute approximate surface area is 221 Å². The molecule has 1 aromatic carbocycles. The number of carbonyl (C=O) groups is 2. The maximum absolute atomic E-state index is 13.5. The molecule has 4 aliphatic carbocycles. The summed E-state index contributed by atoms with van der Waals surface area (Å²) in [5.41, 5.74) is 1.53. The van der Waals surface area contributed by atoms with Gasteiger partial charge in [-0.3, -0.25) is 24.3 Å². The predicted octanol–water partition coefficient (Wildman–Crippen LogP) is 3.39. The summed E-state index contributed by atoms with van der Waals surface area (Å²) >= 11 is 1.93. The first-order valence-corrected chi connectivity index (χ1v) is 15.0. The first-order chi connectivity index (χ1) is 17.9. The zero-order chi connectivity index (χ0) is 25.6. The summed E-state index contributed by atoms with van der Waals surface area (Å²) in [4.78, 5) is 42.2. The Bertz CT molecular complexity index is 1240. The van der Waals surface area contributed by atoms with Gasteiger partial charge in [-0.25, -0.2) is 4.98 Å². The molecule has 9 heteroatoms. The molecule has 3 N–H and O–H groups in total. The zero-order valence-electron chi connectivity index (χ0n) is 21.6. The topological polar surface area (TPSA) is 105 Å². The van der Waals surface area contributed by atoms with Crippen LogP contribution in [0.25, 0.3) is 10.9 Å². The van der Waals surface area contributed by atoms with E-state index in [1.165, 1.54) is 43.1 Å². The molecule has 8 nitrogen and oxygen atoms in total. The van der Waals surface area contributed by atoms with E-state index < -0.39 is 11.9 Å². The van der Waals surface area contributed by atoms with Crippen LogP contribution < -0.4 is 21.5 Å². The maximum Gasteiger partial charge on any atom is 0.264 e. The molecule has 1 aromatic heterocycles. The van der Waals surface area contributed by atoms with E-state index in [1.807, 2.05) is 30.0 Å². The number of carbonyl (C=O) groups excluding carboxylic acids is 2. The quantitative estimate of drug-likeness (QED) is 0.342. The van der Waals surface area contributed by atoms with E-state index in [0.717, 1.165) is 48.0 Å². The van der Waals surface area contributed by atoms with Crippen LogP contribution in [0.1, 0.15) is 63.2 Å². The molecule has 1 unspecified atom stereocenters. The lowest BCUT2D eigenvalue weighted by Gasteiger charge is -2.57. The second-order valence-electron chi connectivity index (χ2n) is 11.7. The van der Waals surface area contributed by atoms with Crippen LogP contribution in [0.4, 0.5) is 5.69 Å². The van der Waals surface area contributed by atoms with Crippen molar-refractivity contribution in [2.45, 2.75) is 69.9 Å². The molecule has 4 bridgehead atoms. The van der Waals surface area contributed by atoms with Gasteiger partial charge in [-0.1, -0.05) is 6.07 Å². The minimum Gasteiger partial charge on any atom is -0.384 e. The molecule has 1 aliphatic heterocycles. The summed E-state index contributed by atoms with van der Waals surface area (Å²) in [6.45, 7) is 3.54. The summed E-state index contributed by atoms with van der Waals surface area (Å²) < 4.78 is 1.44. The first kappa shape index (κ1) is 24.9. The number of nitrogens with one attached hydrogen (secondary N) is 3. The van der Waals surface area contributed by atoms with Crippen molar-refractivity contribution in [2.75, 3.05) is 29.9 Å². The van der Waals surface area contributed by atoms with Crippen molar-refractivity contribution >= 4 is 40.2 Å². The molecule has 1 atom stereocenters. The highest BCUT2D eigenvalue weighted by Gasteiger charge is 2.50. The molecule has 2 amide bonds. The number of rotatable bonds is 9. The minimum absolute atomic E-state index is 0.217. The van der Waals surface area contributed by atoms with Crippen LogP contribution in [0.3, 0.4) is 0 Å². The number of hydrogen-bond acceptors (Lipinski definition) is 7. The fourth-order valence-corrected chi connectivity index (χ4v) is 8.57. The number of thioether (sulfide) groups is 1. The predicted molar refractivity (Wildman–Crippen MR) is 147 cm³/mol. The van der Waals surface area contributed by atoms with Gasteiger partial charge in [-0.15, -0.1) is 0 Å². The molecule has 2 aromatic rings. The van der Waals surface area contributed by atoms with E-state index in [0.29, 0.717) is 28.7 Å². The molecule has 5 aliphatic rings. The molecular formula is C28H37N5O3S. The molecule has 37 heavy (non-hydrogen) atoms. The monoisotopic (exact) mass is 523 g/mol. The molecular weight excluding hydrogens is 486 g/mol. The van der Waals surface area contributed by atoms with Crippen LogP contribution in [0.15, 0.2) is 23.0 Å². The molecule has 198 valence electrons. The fourth-order valence-electron chi connectivity index (χ4n) is 7.87. The van der Waals surface area contributed by atoms with E-state index in [4.69, 9.17) is 0 Å². The highest BCUT2D eigenvalue weighted by Crippen LogP contribution is 2.55. The number of imide groups is 1. The Kier molecular flexibility index (Phi) is 6.77. The Morgan fingerprint density at radius 2 is 1.76 bits per heavy atom. The van der Waals surface area contributed by atoms with Gasteiger partial charge in [0.05, 0.1) is 10.9 Å². The molecule has 1 saturated heterocycles. The second-order valence-corrected chi connectivity index (χ2v) is 12.9. The first-order valence-electron chi connectivity index (χ1n) is 13.8. The summed E-state index contributed by atoms with van der Waals surface area (Å²) in [6.07, 6.45) is 9.11. The molecule has 0 spiro atoms. The maximum atomic E-state index is 13.5. The number of hydrogen-bond donors (Lipinski definition) is 3. The lowest BCUT2D eigenvalue weighted by molar-refractivity contribution is -0.135. The summed E-state index contributed by atoms with van der Waals surface area (Å²) in [6, 6.07) is 4.91. The van der Waals surface area contributed by atoms with Gasteiger partial charge in [0.2, 0.25) is 11.8 Å². The van der Waals surface area contributed by atoms with Gasteiger partial charge in [0.1, 0.15) is 11.9 Å². The van der Waals surface area contributed by atoms with Crippen LogP contribution >= 0.6 is 11.8 Å². The number of piperidine rings is 1. The lowest BCUT2D eigenvalue weighted by Crippen LogP contribution is -2.58. The third-order valence-corrected chi connectivity index (χ3v) is 9.96. The normalized spacial score (nSPS) is 30.6. The lowest BCUT2D eigenvalue weighted by atomic mass is 9.53. The Morgan fingerprint density at radius 1 is 1.05 bits per heavy atom. The number of anilines is 1. The molecule has 2 heterocycles. The number of amides is 2. The van der Waals surface area contributed by atoms with Gasteiger partial charge in [0.15, 0.2) is 0 Å². The number of aromatic nitrogens is 2. The van der Waals surface area contributed by atoms with Gasteiger partial charge in [0, 0.05) is 42.2 Å². The minimum atomic E-state index is -0.716. The summed E-state index contributed by atoms with van der Waals surface area (Å²) in [5, 5.41) is 10.2. The number of benzene rings is 1. The SMILES string of the molecule is Cc1nc2cccc(NCCSCCNC34CC5CC(CC(C5)C3)C4)c2c(=O)n1C1CCC(=O)NC1=O. The van der Waals surface area contributed by atoms with Crippen LogP contribution in [-0.4, -0.2) is 51.5 Å². The third kappa shape index (κ3) is 4.92. The van der Waals surface area contributed by atoms with Crippen molar-refractivity contribution in [1.29, 1.82) is 0 Å². The largest absolute Gasteiger partial charge is 0.384 e. The number of nitrogens with zero attached hydrogens (tertiary/aromatic N) is 2. The average molecular weight is 524 g/mol. The van der Waals surface area contributed by atoms with E-state index in [1.54, 1.807) is 6.92 Å². The fraction of sp³-hybridized carbons (Fsp3) is 0.643. The smallest absolute Gasteiger partial charge is 0.264 e. The van der Waals surface area contributed by atoms with Gasteiger partial charge in [-0.05, 0) is 81.8 Å².